The number of aryl methyl sites for hydroxylation is 1. The summed E-state index contributed by atoms with van der Waals surface area (Å²) in [6.45, 7) is 3.09. The van der Waals surface area contributed by atoms with Crippen LogP contribution in [0.4, 0.5) is 5.69 Å². The van der Waals surface area contributed by atoms with Crippen LogP contribution in [0.2, 0.25) is 5.02 Å². The zero-order chi connectivity index (χ0) is 19.8. The lowest BCUT2D eigenvalue weighted by Crippen LogP contribution is -2.35. The van der Waals surface area contributed by atoms with E-state index in [1.807, 2.05) is 19.1 Å². The third kappa shape index (κ3) is 6.11. The molecule has 7 heteroatoms. The number of carbonyl (C=O) groups is 3. The van der Waals surface area contributed by atoms with Gasteiger partial charge in [-0.15, -0.1) is 0 Å². The van der Waals surface area contributed by atoms with Crippen molar-refractivity contribution in [3.05, 3.63) is 64.2 Å². The summed E-state index contributed by atoms with van der Waals surface area (Å²) in [5.74, 6) is -1.56. The van der Waals surface area contributed by atoms with Crippen LogP contribution in [0.15, 0.2) is 42.5 Å². The van der Waals surface area contributed by atoms with Gasteiger partial charge in [-0.2, -0.15) is 0 Å². The van der Waals surface area contributed by atoms with Crippen LogP contribution in [0, 0.1) is 6.92 Å². The number of amides is 2. The SMILES string of the molecule is CCc1ccc(C(=O)OCC(=O)NCC(=O)Nc2cccc(Cl)c2C)cc1. The lowest BCUT2D eigenvalue weighted by Gasteiger charge is -2.10. The zero-order valence-corrected chi connectivity index (χ0v) is 15.9. The van der Waals surface area contributed by atoms with Gasteiger partial charge in [0.1, 0.15) is 0 Å². The summed E-state index contributed by atoms with van der Waals surface area (Å²) in [6, 6.07) is 12.1. The first-order valence-corrected chi connectivity index (χ1v) is 8.86. The highest BCUT2D eigenvalue weighted by Gasteiger charge is 2.12. The van der Waals surface area contributed by atoms with Gasteiger partial charge in [0.05, 0.1) is 12.1 Å². The van der Waals surface area contributed by atoms with E-state index in [-0.39, 0.29) is 6.54 Å². The largest absolute Gasteiger partial charge is 0.452 e. The van der Waals surface area contributed by atoms with Crippen LogP contribution in [0.25, 0.3) is 0 Å². The van der Waals surface area contributed by atoms with Crippen molar-refractivity contribution < 1.29 is 19.1 Å². The summed E-state index contributed by atoms with van der Waals surface area (Å²) in [5, 5.41) is 5.60. The van der Waals surface area contributed by atoms with E-state index >= 15 is 0 Å². The Morgan fingerprint density at radius 1 is 1.04 bits per heavy atom. The van der Waals surface area contributed by atoms with E-state index in [0.29, 0.717) is 16.3 Å². The Labute approximate surface area is 162 Å². The van der Waals surface area contributed by atoms with Crippen LogP contribution >= 0.6 is 11.6 Å². The fourth-order valence-electron chi connectivity index (χ4n) is 2.26. The van der Waals surface area contributed by atoms with Crippen LogP contribution < -0.4 is 10.6 Å². The minimum Gasteiger partial charge on any atom is -0.452 e. The predicted octanol–water partition coefficient (Wildman–Crippen LogP) is 3.12. The van der Waals surface area contributed by atoms with Gasteiger partial charge in [-0.1, -0.05) is 36.7 Å². The number of esters is 1. The van der Waals surface area contributed by atoms with E-state index < -0.39 is 24.4 Å². The second kappa shape index (κ2) is 9.73. The highest BCUT2D eigenvalue weighted by atomic mass is 35.5. The van der Waals surface area contributed by atoms with Crippen molar-refractivity contribution in [3.8, 4) is 0 Å². The normalized spacial score (nSPS) is 10.2. The summed E-state index contributed by atoms with van der Waals surface area (Å²) in [4.78, 5) is 35.6. The van der Waals surface area contributed by atoms with Crippen molar-refractivity contribution in [1.82, 2.24) is 5.32 Å². The van der Waals surface area contributed by atoms with E-state index in [1.165, 1.54) is 0 Å². The summed E-state index contributed by atoms with van der Waals surface area (Å²) < 4.78 is 4.95. The first kappa shape index (κ1) is 20.5. The average molecular weight is 389 g/mol. The van der Waals surface area contributed by atoms with Crippen LogP contribution in [0.1, 0.15) is 28.4 Å². The van der Waals surface area contributed by atoms with Crippen molar-refractivity contribution in [2.24, 2.45) is 0 Å². The van der Waals surface area contributed by atoms with Crippen molar-refractivity contribution in [3.63, 3.8) is 0 Å². The Morgan fingerprint density at radius 3 is 2.41 bits per heavy atom. The second-order valence-corrected chi connectivity index (χ2v) is 6.27. The van der Waals surface area contributed by atoms with Gasteiger partial charge in [0, 0.05) is 10.7 Å². The molecule has 2 N–H and O–H groups in total. The molecule has 0 radical (unpaired) electrons. The summed E-state index contributed by atoms with van der Waals surface area (Å²) in [7, 11) is 0. The Morgan fingerprint density at radius 2 is 1.74 bits per heavy atom. The fourth-order valence-corrected chi connectivity index (χ4v) is 2.43. The van der Waals surface area contributed by atoms with E-state index in [1.54, 1.807) is 37.3 Å². The van der Waals surface area contributed by atoms with E-state index in [2.05, 4.69) is 10.6 Å². The molecule has 0 heterocycles. The molecule has 6 nitrogen and oxygen atoms in total. The molecule has 27 heavy (non-hydrogen) atoms. The van der Waals surface area contributed by atoms with Crippen LogP contribution in [0.5, 0.6) is 0 Å². The van der Waals surface area contributed by atoms with Gasteiger partial charge in [-0.05, 0) is 48.7 Å². The third-order valence-electron chi connectivity index (χ3n) is 3.92. The standard InChI is InChI=1S/C20H21ClN2O4/c1-3-14-7-9-15(10-8-14)20(26)27-12-19(25)22-11-18(24)23-17-6-4-5-16(21)13(17)2/h4-10H,3,11-12H2,1-2H3,(H,22,25)(H,23,24). The highest BCUT2D eigenvalue weighted by Crippen LogP contribution is 2.22. The molecule has 0 fully saturated rings. The summed E-state index contributed by atoms with van der Waals surface area (Å²) in [6.07, 6.45) is 0.870. The van der Waals surface area contributed by atoms with Crippen LogP contribution in [0.3, 0.4) is 0 Å². The maximum absolute atomic E-state index is 11.9. The molecule has 2 amide bonds. The van der Waals surface area contributed by atoms with E-state index in [9.17, 15) is 14.4 Å². The highest BCUT2D eigenvalue weighted by molar-refractivity contribution is 6.31. The number of anilines is 1. The molecule has 0 saturated heterocycles. The number of ether oxygens (including phenoxy) is 1. The molecule has 0 aliphatic heterocycles. The van der Waals surface area contributed by atoms with Crippen LogP contribution in [-0.2, 0) is 20.7 Å². The molecule has 0 aliphatic rings. The van der Waals surface area contributed by atoms with Gasteiger partial charge < -0.3 is 15.4 Å². The number of hydrogen-bond acceptors (Lipinski definition) is 4. The minimum absolute atomic E-state index is 0.243. The Hall–Kier alpha value is -2.86. The maximum Gasteiger partial charge on any atom is 0.338 e. The third-order valence-corrected chi connectivity index (χ3v) is 4.33. The van der Waals surface area contributed by atoms with Crippen molar-refractivity contribution in [1.29, 1.82) is 0 Å². The van der Waals surface area contributed by atoms with Crippen LogP contribution in [-0.4, -0.2) is 30.9 Å². The predicted molar refractivity (Wildman–Crippen MR) is 104 cm³/mol. The molecule has 0 unspecified atom stereocenters. The fraction of sp³-hybridized carbons (Fsp3) is 0.250. The number of halogens is 1. The number of carbonyl (C=O) groups excluding carboxylic acids is 3. The van der Waals surface area contributed by atoms with Gasteiger partial charge >= 0.3 is 5.97 Å². The van der Waals surface area contributed by atoms with E-state index in [0.717, 1.165) is 17.5 Å². The maximum atomic E-state index is 11.9. The molecule has 0 spiro atoms. The number of hydrogen-bond donors (Lipinski definition) is 2. The Kier molecular flexibility index (Phi) is 7.37. The zero-order valence-electron chi connectivity index (χ0n) is 15.2. The van der Waals surface area contributed by atoms with Gasteiger partial charge in [0.2, 0.25) is 5.91 Å². The molecule has 0 atom stereocenters. The molecule has 2 aromatic carbocycles. The molecular weight excluding hydrogens is 368 g/mol. The minimum atomic E-state index is -0.591. The lowest BCUT2D eigenvalue weighted by atomic mass is 10.1. The lowest BCUT2D eigenvalue weighted by molar-refractivity contribution is -0.126. The molecule has 2 aromatic rings. The quantitative estimate of drug-likeness (QED) is 0.714. The number of nitrogens with one attached hydrogen (secondary N) is 2. The van der Waals surface area contributed by atoms with E-state index in [4.69, 9.17) is 16.3 Å². The Balaban J connectivity index is 1.75. The molecule has 142 valence electrons. The van der Waals surface area contributed by atoms with Crippen molar-refractivity contribution in [2.45, 2.75) is 20.3 Å². The molecule has 0 aromatic heterocycles. The topological polar surface area (TPSA) is 84.5 Å². The van der Waals surface area contributed by atoms with Gasteiger partial charge in [0.25, 0.3) is 5.91 Å². The van der Waals surface area contributed by atoms with Gasteiger partial charge in [-0.25, -0.2) is 4.79 Å². The van der Waals surface area contributed by atoms with Crippen molar-refractivity contribution >= 4 is 35.1 Å². The summed E-state index contributed by atoms with van der Waals surface area (Å²) >= 11 is 5.99. The molecule has 2 rings (SSSR count). The first-order chi connectivity index (χ1) is 12.9. The second-order valence-electron chi connectivity index (χ2n) is 5.86. The van der Waals surface area contributed by atoms with Crippen molar-refractivity contribution in [2.75, 3.05) is 18.5 Å². The molecule has 0 aliphatic carbocycles. The number of rotatable bonds is 7. The molecule has 0 bridgehead atoms. The Bertz CT molecular complexity index is 834. The molecular formula is C20H21ClN2O4. The average Bonchev–Trinajstić information content (AvgIpc) is 2.68. The van der Waals surface area contributed by atoms with Gasteiger partial charge in [0.15, 0.2) is 6.61 Å². The van der Waals surface area contributed by atoms with Gasteiger partial charge in [-0.3, -0.25) is 9.59 Å². The first-order valence-electron chi connectivity index (χ1n) is 8.48. The smallest absolute Gasteiger partial charge is 0.338 e. The monoisotopic (exact) mass is 388 g/mol. The number of benzene rings is 2. The molecule has 0 saturated carbocycles. The summed E-state index contributed by atoms with van der Waals surface area (Å²) in [5.41, 5.74) is 2.78.